The Labute approximate surface area is 90.1 Å². The molecule has 0 aliphatic heterocycles. The van der Waals surface area contributed by atoms with Crippen LogP contribution in [-0.4, -0.2) is 28.7 Å². The van der Waals surface area contributed by atoms with Crippen LogP contribution in [0, 0.1) is 5.92 Å². The van der Waals surface area contributed by atoms with E-state index in [0.717, 1.165) is 5.57 Å². The summed E-state index contributed by atoms with van der Waals surface area (Å²) in [5.41, 5.74) is 0.452. The van der Waals surface area contributed by atoms with Crippen LogP contribution in [0.2, 0.25) is 0 Å². The van der Waals surface area contributed by atoms with E-state index < -0.39 is 12.7 Å². The van der Waals surface area contributed by atoms with Crippen molar-refractivity contribution < 1.29 is 19.6 Å². The second kappa shape index (κ2) is 4.37. The maximum Gasteiger partial charge on any atom is 0.480 e. The second-order valence-corrected chi connectivity index (χ2v) is 4.88. The van der Waals surface area contributed by atoms with Gasteiger partial charge in [-0.3, -0.25) is 4.79 Å². The molecule has 0 spiro atoms. The number of allylic oxidation sites excluding steroid dienone is 1. The molecule has 84 valence electrons. The quantitative estimate of drug-likeness (QED) is 0.521. The van der Waals surface area contributed by atoms with Crippen molar-refractivity contribution in [3.05, 3.63) is 11.5 Å². The van der Waals surface area contributed by atoms with Gasteiger partial charge in [-0.25, -0.2) is 0 Å². The molecule has 4 nitrogen and oxygen atoms in total. The van der Waals surface area contributed by atoms with Gasteiger partial charge in [0.25, 0.3) is 0 Å². The molecule has 1 saturated carbocycles. The van der Waals surface area contributed by atoms with Gasteiger partial charge in [0.15, 0.2) is 0 Å². The molecular weight excluding hydrogens is 195 g/mol. The van der Waals surface area contributed by atoms with E-state index in [9.17, 15) is 4.79 Å². The predicted octanol–water partition coefficient (Wildman–Crippen LogP) is 0.676. The van der Waals surface area contributed by atoms with Crippen LogP contribution in [0.3, 0.4) is 0 Å². The summed E-state index contributed by atoms with van der Waals surface area (Å²) < 4.78 is 5.20. The molecule has 0 unspecified atom stereocenters. The molecule has 2 N–H and O–H groups in total. The Bertz CT molecular complexity index is 270. The fourth-order valence-electron chi connectivity index (χ4n) is 1.47. The Balaban J connectivity index is 2.36. The number of esters is 1. The largest absolute Gasteiger partial charge is 0.480 e. The molecule has 0 bridgehead atoms. The maximum absolute atomic E-state index is 11.5. The van der Waals surface area contributed by atoms with Crippen LogP contribution >= 0.6 is 0 Å². The van der Waals surface area contributed by atoms with Crippen LogP contribution in [0.4, 0.5) is 0 Å². The van der Waals surface area contributed by atoms with E-state index in [-0.39, 0.29) is 11.9 Å². The molecule has 0 saturated heterocycles. The Morgan fingerprint density at radius 2 is 2.00 bits per heavy atom. The number of carbonyl (C=O) groups is 1. The monoisotopic (exact) mass is 212 g/mol. The molecule has 0 atom stereocenters. The minimum absolute atomic E-state index is 0.116. The third-order valence-corrected chi connectivity index (χ3v) is 2.14. The van der Waals surface area contributed by atoms with Gasteiger partial charge in [0.05, 0.1) is 5.92 Å². The van der Waals surface area contributed by atoms with Crippen LogP contribution in [0.15, 0.2) is 11.5 Å². The molecule has 0 heterocycles. The Hall–Kier alpha value is -0.805. The van der Waals surface area contributed by atoms with E-state index in [0.29, 0.717) is 12.8 Å². The van der Waals surface area contributed by atoms with Crippen molar-refractivity contribution in [3.63, 3.8) is 0 Å². The SMILES string of the molecule is CC(C)(C)OC(=O)C1CC(=CB(O)O)C1. The van der Waals surface area contributed by atoms with Gasteiger partial charge >= 0.3 is 13.1 Å². The van der Waals surface area contributed by atoms with Crippen molar-refractivity contribution in [3.8, 4) is 0 Å². The zero-order valence-corrected chi connectivity index (χ0v) is 9.36. The summed E-state index contributed by atoms with van der Waals surface area (Å²) in [6.45, 7) is 5.49. The summed E-state index contributed by atoms with van der Waals surface area (Å²) in [7, 11) is -1.42. The zero-order chi connectivity index (χ0) is 11.6. The molecule has 0 aromatic carbocycles. The summed E-state index contributed by atoms with van der Waals surface area (Å²) in [6.07, 6.45) is 1.15. The first-order chi connectivity index (χ1) is 6.78. The Morgan fingerprint density at radius 1 is 1.47 bits per heavy atom. The molecule has 1 aliphatic carbocycles. The lowest BCUT2D eigenvalue weighted by Gasteiger charge is -2.30. The molecule has 0 radical (unpaired) electrons. The number of ether oxygens (including phenoxy) is 1. The van der Waals surface area contributed by atoms with Gasteiger partial charge in [0.2, 0.25) is 0 Å². The first-order valence-corrected chi connectivity index (χ1v) is 5.06. The fraction of sp³-hybridized carbons (Fsp3) is 0.700. The highest BCUT2D eigenvalue weighted by atomic mass is 16.6. The number of hydrogen-bond acceptors (Lipinski definition) is 4. The van der Waals surface area contributed by atoms with Gasteiger partial charge in [-0.1, -0.05) is 11.5 Å². The first-order valence-electron chi connectivity index (χ1n) is 5.06. The molecule has 15 heavy (non-hydrogen) atoms. The Morgan fingerprint density at radius 3 is 2.40 bits per heavy atom. The van der Waals surface area contributed by atoms with Gasteiger partial charge in [-0.2, -0.15) is 0 Å². The lowest BCUT2D eigenvalue weighted by molar-refractivity contribution is -0.161. The maximum atomic E-state index is 11.5. The molecule has 5 heteroatoms. The van der Waals surface area contributed by atoms with Gasteiger partial charge in [0, 0.05) is 0 Å². The Kier molecular flexibility index (Phi) is 3.57. The van der Waals surface area contributed by atoms with Gasteiger partial charge in [-0.05, 0) is 33.6 Å². The molecule has 0 aromatic rings. The predicted molar refractivity (Wildman–Crippen MR) is 56.8 cm³/mol. The minimum Gasteiger partial charge on any atom is -0.460 e. The first kappa shape index (κ1) is 12.3. The average Bonchev–Trinajstić information content (AvgIpc) is 1.91. The number of carbonyl (C=O) groups excluding carboxylic acids is 1. The van der Waals surface area contributed by atoms with Crippen LogP contribution in [0.25, 0.3) is 0 Å². The summed E-state index contributed by atoms with van der Waals surface area (Å²) in [5, 5.41) is 17.3. The minimum atomic E-state index is -1.42. The van der Waals surface area contributed by atoms with Crippen molar-refractivity contribution in [1.29, 1.82) is 0 Å². The van der Waals surface area contributed by atoms with Crippen molar-refractivity contribution in [1.82, 2.24) is 0 Å². The third-order valence-electron chi connectivity index (χ3n) is 2.14. The normalized spacial score (nSPS) is 20.6. The molecule has 0 amide bonds. The van der Waals surface area contributed by atoms with Gasteiger partial charge < -0.3 is 14.8 Å². The highest BCUT2D eigenvalue weighted by molar-refractivity contribution is 6.47. The summed E-state index contributed by atoms with van der Waals surface area (Å²) in [6, 6.07) is 0. The molecule has 0 aromatic heterocycles. The molecule has 1 aliphatic rings. The third kappa shape index (κ3) is 4.05. The lowest BCUT2D eigenvalue weighted by Crippen LogP contribution is -2.33. The van der Waals surface area contributed by atoms with Crippen molar-refractivity contribution in [2.24, 2.45) is 5.92 Å². The standard InChI is InChI=1S/C10H17BO4/c1-10(2,3)15-9(12)8-4-7(5-8)6-11(13)14/h6,8,13-14H,4-5H2,1-3H3. The summed E-state index contributed by atoms with van der Waals surface area (Å²) >= 11 is 0. The fourth-order valence-corrected chi connectivity index (χ4v) is 1.47. The van der Waals surface area contributed by atoms with E-state index in [2.05, 4.69) is 0 Å². The number of rotatable bonds is 2. The van der Waals surface area contributed by atoms with Crippen molar-refractivity contribution in [2.45, 2.75) is 39.2 Å². The highest BCUT2D eigenvalue weighted by Crippen LogP contribution is 2.34. The second-order valence-electron chi connectivity index (χ2n) is 4.88. The summed E-state index contributed by atoms with van der Waals surface area (Å²) in [5.74, 6) is 1.04. The zero-order valence-electron chi connectivity index (χ0n) is 9.36. The van der Waals surface area contributed by atoms with E-state index in [1.165, 1.54) is 5.98 Å². The van der Waals surface area contributed by atoms with E-state index in [1.54, 1.807) is 0 Å². The van der Waals surface area contributed by atoms with E-state index >= 15 is 0 Å². The topological polar surface area (TPSA) is 66.8 Å². The van der Waals surface area contributed by atoms with Crippen molar-refractivity contribution >= 4 is 13.1 Å². The van der Waals surface area contributed by atoms with E-state index in [1.807, 2.05) is 20.8 Å². The highest BCUT2D eigenvalue weighted by Gasteiger charge is 2.33. The summed E-state index contributed by atoms with van der Waals surface area (Å²) in [4.78, 5) is 11.5. The van der Waals surface area contributed by atoms with Gasteiger partial charge in [-0.15, -0.1) is 0 Å². The van der Waals surface area contributed by atoms with Crippen LogP contribution in [0.1, 0.15) is 33.6 Å². The average molecular weight is 212 g/mol. The number of hydrogen-bond donors (Lipinski definition) is 2. The van der Waals surface area contributed by atoms with Crippen LogP contribution in [-0.2, 0) is 9.53 Å². The van der Waals surface area contributed by atoms with Gasteiger partial charge in [0.1, 0.15) is 5.60 Å². The smallest absolute Gasteiger partial charge is 0.460 e. The molecule has 1 rings (SSSR count). The van der Waals surface area contributed by atoms with Crippen LogP contribution < -0.4 is 0 Å². The molecule has 1 fully saturated rings. The van der Waals surface area contributed by atoms with Crippen molar-refractivity contribution in [2.75, 3.05) is 0 Å². The van der Waals surface area contributed by atoms with E-state index in [4.69, 9.17) is 14.8 Å². The molecular formula is C10H17BO4. The van der Waals surface area contributed by atoms with Crippen LogP contribution in [0.5, 0.6) is 0 Å². The lowest BCUT2D eigenvalue weighted by atomic mass is 9.74.